The minimum atomic E-state index is -0.0469. The van der Waals surface area contributed by atoms with Crippen LogP contribution in [0, 0.1) is 0 Å². The molecule has 0 bridgehead atoms. The molecule has 6 heteroatoms. The Balaban J connectivity index is 1.86. The number of ether oxygens (including phenoxy) is 1. The summed E-state index contributed by atoms with van der Waals surface area (Å²) in [6, 6.07) is 2.14. The molecule has 1 aromatic rings. The quantitative estimate of drug-likeness (QED) is 0.775. The van der Waals surface area contributed by atoms with Gasteiger partial charge in [0.15, 0.2) is 0 Å². The Labute approximate surface area is 131 Å². The maximum absolute atomic E-state index is 12.8. The predicted molar refractivity (Wildman–Crippen MR) is 80.0 cm³/mol. The van der Waals surface area contributed by atoms with Crippen LogP contribution in [-0.4, -0.2) is 40.6 Å². The third kappa shape index (κ3) is 2.71. The molecule has 0 aromatic carbocycles. The highest BCUT2D eigenvalue weighted by molar-refractivity contribution is 9.10. The molecule has 2 heterocycles. The van der Waals surface area contributed by atoms with E-state index in [0.717, 1.165) is 30.3 Å². The lowest BCUT2D eigenvalue weighted by atomic mass is 10.0. The summed E-state index contributed by atoms with van der Waals surface area (Å²) in [5.74, 6) is -0.0469. The number of carbonyl (C=O) groups is 1. The summed E-state index contributed by atoms with van der Waals surface area (Å²) < 4.78 is 6.30. The third-order valence-corrected chi connectivity index (χ3v) is 4.66. The Morgan fingerprint density at radius 3 is 2.80 bits per heavy atom. The van der Waals surface area contributed by atoms with Crippen molar-refractivity contribution in [1.29, 1.82) is 0 Å². The van der Waals surface area contributed by atoms with Gasteiger partial charge in [0, 0.05) is 23.3 Å². The van der Waals surface area contributed by atoms with Crippen LogP contribution in [0.15, 0.2) is 16.7 Å². The summed E-state index contributed by atoms with van der Waals surface area (Å²) in [5.41, 5.74) is 0.458. The van der Waals surface area contributed by atoms with Crippen molar-refractivity contribution in [3.8, 4) is 0 Å². The van der Waals surface area contributed by atoms with E-state index in [4.69, 9.17) is 16.3 Å². The van der Waals surface area contributed by atoms with Crippen LogP contribution in [0.25, 0.3) is 0 Å². The number of pyridine rings is 1. The van der Waals surface area contributed by atoms with E-state index in [2.05, 4.69) is 27.8 Å². The zero-order chi connectivity index (χ0) is 14.3. The summed E-state index contributed by atoms with van der Waals surface area (Å²) in [4.78, 5) is 18.8. The molecule has 2 atom stereocenters. The SMILES string of the molecule is CC(C1CCO1)N(C(=O)c1cc(Br)cnc1Cl)C1CC1. The maximum Gasteiger partial charge on any atom is 0.257 e. The standard InChI is InChI=1S/C14H16BrClN2O2/c1-8(12-4-5-20-12)18(10-2-3-10)14(19)11-6-9(15)7-17-13(11)16/h6-8,10,12H,2-5H2,1H3. The molecule has 1 aromatic heterocycles. The van der Waals surface area contributed by atoms with E-state index < -0.39 is 0 Å². The van der Waals surface area contributed by atoms with Crippen molar-refractivity contribution in [2.45, 2.75) is 44.4 Å². The Morgan fingerprint density at radius 1 is 1.55 bits per heavy atom. The van der Waals surface area contributed by atoms with Crippen LogP contribution in [0.1, 0.15) is 36.5 Å². The molecule has 2 unspecified atom stereocenters. The van der Waals surface area contributed by atoms with E-state index >= 15 is 0 Å². The molecule has 20 heavy (non-hydrogen) atoms. The largest absolute Gasteiger partial charge is 0.376 e. The van der Waals surface area contributed by atoms with Gasteiger partial charge in [-0.3, -0.25) is 4.79 Å². The van der Waals surface area contributed by atoms with Crippen LogP contribution >= 0.6 is 27.5 Å². The molecule has 0 N–H and O–H groups in total. The monoisotopic (exact) mass is 358 g/mol. The van der Waals surface area contributed by atoms with Crippen LogP contribution in [0.4, 0.5) is 0 Å². The lowest BCUT2D eigenvalue weighted by Gasteiger charge is -2.39. The van der Waals surface area contributed by atoms with Crippen molar-refractivity contribution < 1.29 is 9.53 Å². The molecule has 1 amide bonds. The number of aromatic nitrogens is 1. The van der Waals surface area contributed by atoms with E-state index in [9.17, 15) is 4.79 Å². The Morgan fingerprint density at radius 2 is 2.25 bits per heavy atom. The second kappa shape index (κ2) is 5.62. The van der Waals surface area contributed by atoms with Gasteiger partial charge in [0.1, 0.15) is 5.15 Å². The molecule has 1 saturated carbocycles. The molecule has 0 radical (unpaired) electrons. The molecule has 0 spiro atoms. The summed E-state index contributed by atoms with van der Waals surface area (Å²) in [6.45, 7) is 2.85. The number of halogens is 2. The van der Waals surface area contributed by atoms with Gasteiger partial charge >= 0.3 is 0 Å². The average molecular weight is 360 g/mol. The Kier molecular flexibility index (Phi) is 4.02. The smallest absolute Gasteiger partial charge is 0.257 e. The molecule has 108 valence electrons. The zero-order valence-corrected chi connectivity index (χ0v) is 13.5. The normalized spacial score (nSPS) is 23.1. The molecule has 3 rings (SSSR count). The van der Waals surface area contributed by atoms with Gasteiger partial charge in [-0.15, -0.1) is 0 Å². The maximum atomic E-state index is 12.8. The van der Waals surface area contributed by atoms with Crippen molar-refractivity contribution >= 4 is 33.4 Å². The number of rotatable bonds is 4. The molecule has 1 aliphatic carbocycles. The van der Waals surface area contributed by atoms with Crippen molar-refractivity contribution in [3.63, 3.8) is 0 Å². The van der Waals surface area contributed by atoms with E-state index in [1.54, 1.807) is 12.3 Å². The fraction of sp³-hybridized carbons (Fsp3) is 0.571. The summed E-state index contributed by atoms with van der Waals surface area (Å²) in [6.07, 6.45) is 4.88. The summed E-state index contributed by atoms with van der Waals surface area (Å²) in [7, 11) is 0. The molecule has 1 saturated heterocycles. The van der Waals surface area contributed by atoms with E-state index in [-0.39, 0.29) is 23.2 Å². The van der Waals surface area contributed by atoms with Gasteiger partial charge in [-0.25, -0.2) is 4.98 Å². The highest BCUT2D eigenvalue weighted by Gasteiger charge is 2.41. The van der Waals surface area contributed by atoms with Gasteiger partial charge in [0.25, 0.3) is 5.91 Å². The second-order valence-corrected chi connectivity index (χ2v) is 6.65. The first kappa shape index (κ1) is 14.3. The number of hydrogen-bond acceptors (Lipinski definition) is 3. The van der Waals surface area contributed by atoms with Crippen LogP contribution in [0.2, 0.25) is 5.15 Å². The number of amides is 1. The fourth-order valence-corrected chi connectivity index (χ4v) is 3.08. The first-order chi connectivity index (χ1) is 9.58. The number of carbonyl (C=O) groups excluding carboxylic acids is 1. The minimum Gasteiger partial charge on any atom is -0.376 e. The van der Waals surface area contributed by atoms with Crippen LogP contribution in [0.5, 0.6) is 0 Å². The molecule has 4 nitrogen and oxygen atoms in total. The van der Waals surface area contributed by atoms with Gasteiger partial charge in [0.2, 0.25) is 0 Å². The van der Waals surface area contributed by atoms with Gasteiger partial charge in [-0.1, -0.05) is 11.6 Å². The number of hydrogen-bond donors (Lipinski definition) is 0. The third-order valence-electron chi connectivity index (χ3n) is 3.92. The molecule has 2 fully saturated rings. The first-order valence-corrected chi connectivity index (χ1v) is 8.00. The number of nitrogens with zero attached hydrogens (tertiary/aromatic N) is 2. The van der Waals surface area contributed by atoms with E-state index in [1.807, 2.05) is 4.90 Å². The van der Waals surface area contributed by atoms with Crippen LogP contribution in [-0.2, 0) is 4.74 Å². The van der Waals surface area contributed by atoms with Crippen LogP contribution < -0.4 is 0 Å². The van der Waals surface area contributed by atoms with Crippen LogP contribution in [0.3, 0.4) is 0 Å². The molecule has 1 aliphatic heterocycles. The molecular weight excluding hydrogens is 344 g/mol. The van der Waals surface area contributed by atoms with Crippen molar-refractivity contribution in [2.75, 3.05) is 6.61 Å². The fourth-order valence-electron chi connectivity index (χ4n) is 2.56. The predicted octanol–water partition coefficient (Wildman–Crippen LogP) is 3.28. The molecular formula is C14H16BrClN2O2. The average Bonchev–Trinajstić information content (AvgIpc) is 3.14. The highest BCUT2D eigenvalue weighted by atomic mass is 79.9. The molecule has 2 aliphatic rings. The van der Waals surface area contributed by atoms with E-state index in [1.165, 1.54) is 0 Å². The van der Waals surface area contributed by atoms with Crippen molar-refractivity contribution in [1.82, 2.24) is 9.88 Å². The highest BCUT2D eigenvalue weighted by Crippen LogP contribution is 2.34. The van der Waals surface area contributed by atoms with Gasteiger partial charge < -0.3 is 9.64 Å². The van der Waals surface area contributed by atoms with E-state index in [0.29, 0.717) is 11.6 Å². The van der Waals surface area contributed by atoms with Crippen molar-refractivity contribution in [3.05, 3.63) is 27.5 Å². The second-order valence-electron chi connectivity index (χ2n) is 5.37. The lowest BCUT2D eigenvalue weighted by molar-refractivity contribution is -0.0890. The van der Waals surface area contributed by atoms with Crippen molar-refractivity contribution in [2.24, 2.45) is 0 Å². The summed E-state index contributed by atoms with van der Waals surface area (Å²) >= 11 is 9.42. The Bertz CT molecular complexity index is 532. The summed E-state index contributed by atoms with van der Waals surface area (Å²) in [5, 5.41) is 0.255. The first-order valence-electron chi connectivity index (χ1n) is 6.83. The van der Waals surface area contributed by atoms with Gasteiger partial charge in [-0.05, 0) is 48.2 Å². The zero-order valence-electron chi connectivity index (χ0n) is 11.2. The minimum absolute atomic E-state index is 0.0469. The topological polar surface area (TPSA) is 42.4 Å². The Hall–Kier alpha value is -0.650. The van der Waals surface area contributed by atoms with Gasteiger partial charge in [0.05, 0.1) is 17.7 Å². The van der Waals surface area contributed by atoms with Gasteiger partial charge in [-0.2, -0.15) is 0 Å². The lowest BCUT2D eigenvalue weighted by Crippen LogP contribution is -2.51.